The van der Waals surface area contributed by atoms with Crippen molar-refractivity contribution in [2.24, 2.45) is 5.73 Å². The molecular weight excluding hydrogens is 260 g/mol. The molecule has 1 amide bonds. The SMILES string of the molecule is Cc1nc(Nc2cccnc2)sc1C(C)(C)C(N)=O. The number of nitrogens with one attached hydrogen (secondary N) is 1. The summed E-state index contributed by atoms with van der Waals surface area (Å²) in [6.45, 7) is 5.50. The molecule has 0 saturated heterocycles. The highest BCUT2D eigenvalue weighted by Crippen LogP contribution is 2.34. The van der Waals surface area contributed by atoms with Gasteiger partial charge in [0.05, 0.1) is 23.0 Å². The number of pyridine rings is 1. The lowest BCUT2D eigenvalue weighted by Crippen LogP contribution is -2.35. The second-order valence-electron chi connectivity index (χ2n) is 4.79. The number of nitrogens with two attached hydrogens (primary N) is 1. The molecule has 2 aromatic rings. The molecule has 2 heterocycles. The molecule has 0 fully saturated rings. The zero-order chi connectivity index (χ0) is 14.0. The molecular formula is C13H16N4OS. The Labute approximate surface area is 115 Å². The molecule has 0 aromatic carbocycles. The van der Waals surface area contributed by atoms with Crippen molar-refractivity contribution in [3.05, 3.63) is 35.1 Å². The molecule has 0 unspecified atom stereocenters. The fourth-order valence-electron chi connectivity index (χ4n) is 1.70. The van der Waals surface area contributed by atoms with Crippen LogP contribution < -0.4 is 11.1 Å². The maximum absolute atomic E-state index is 11.5. The Balaban J connectivity index is 2.29. The van der Waals surface area contributed by atoms with Crippen LogP contribution in [0.1, 0.15) is 24.4 Å². The number of nitrogens with zero attached hydrogens (tertiary/aromatic N) is 2. The van der Waals surface area contributed by atoms with Crippen LogP contribution in [-0.4, -0.2) is 15.9 Å². The number of hydrogen-bond acceptors (Lipinski definition) is 5. The van der Waals surface area contributed by atoms with E-state index < -0.39 is 5.41 Å². The minimum Gasteiger partial charge on any atom is -0.369 e. The Morgan fingerprint density at radius 3 is 2.79 bits per heavy atom. The molecule has 0 aliphatic carbocycles. The number of aryl methyl sites for hydroxylation is 1. The maximum atomic E-state index is 11.5. The number of carbonyl (C=O) groups is 1. The Hall–Kier alpha value is -1.95. The first-order chi connectivity index (χ1) is 8.91. The molecule has 2 aromatic heterocycles. The quantitative estimate of drug-likeness (QED) is 0.898. The molecule has 0 spiro atoms. The van der Waals surface area contributed by atoms with E-state index in [-0.39, 0.29) is 5.91 Å². The fourth-order valence-corrected chi connectivity index (χ4v) is 2.80. The number of hydrogen-bond donors (Lipinski definition) is 2. The Kier molecular flexibility index (Phi) is 3.53. The van der Waals surface area contributed by atoms with Crippen LogP contribution in [-0.2, 0) is 10.2 Å². The molecule has 6 heteroatoms. The van der Waals surface area contributed by atoms with Crippen molar-refractivity contribution in [1.82, 2.24) is 9.97 Å². The van der Waals surface area contributed by atoms with E-state index in [0.29, 0.717) is 0 Å². The minimum atomic E-state index is -0.712. The predicted octanol–water partition coefficient (Wildman–Crippen LogP) is 2.35. The highest BCUT2D eigenvalue weighted by Gasteiger charge is 2.31. The van der Waals surface area contributed by atoms with Gasteiger partial charge in [-0.2, -0.15) is 0 Å². The third-order valence-electron chi connectivity index (χ3n) is 2.89. The summed E-state index contributed by atoms with van der Waals surface area (Å²) in [6.07, 6.45) is 3.43. The number of amides is 1. The average molecular weight is 276 g/mol. The summed E-state index contributed by atoms with van der Waals surface area (Å²) in [6, 6.07) is 3.75. The van der Waals surface area contributed by atoms with Gasteiger partial charge in [0, 0.05) is 11.1 Å². The van der Waals surface area contributed by atoms with E-state index in [9.17, 15) is 4.79 Å². The van der Waals surface area contributed by atoms with Crippen molar-refractivity contribution >= 4 is 28.1 Å². The van der Waals surface area contributed by atoms with Gasteiger partial charge in [0.2, 0.25) is 5.91 Å². The number of thiazole rings is 1. The third-order valence-corrected chi connectivity index (χ3v) is 4.29. The van der Waals surface area contributed by atoms with Crippen LogP contribution in [0.5, 0.6) is 0 Å². The highest BCUT2D eigenvalue weighted by atomic mass is 32.1. The molecule has 0 radical (unpaired) electrons. The number of carbonyl (C=O) groups excluding carboxylic acids is 1. The van der Waals surface area contributed by atoms with Gasteiger partial charge in [-0.05, 0) is 32.9 Å². The topological polar surface area (TPSA) is 80.9 Å². The van der Waals surface area contributed by atoms with Gasteiger partial charge in [0.15, 0.2) is 5.13 Å². The van der Waals surface area contributed by atoms with E-state index in [4.69, 9.17) is 5.73 Å². The van der Waals surface area contributed by atoms with E-state index in [1.807, 2.05) is 32.9 Å². The lowest BCUT2D eigenvalue weighted by Gasteiger charge is -2.18. The highest BCUT2D eigenvalue weighted by molar-refractivity contribution is 7.16. The smallest absolute Gasteiger partial charge is 0.228 e. The van der Waals surface area contributed by atoms with Gasteiger partial charge in [-0.15, -0.1) is 11.3 Å². The van der Waals surface area contributed by atoms with E-state index >= 15 is 0 Å². The van der Waals surface area contributed by atoms with Crippen LogP contribution in [0.25, 0.3) is 0 Å². The molecule has 0 aliphatic heterocycles. The van der Waals surface area contributed by atoms with Crippen molar-refractivity contribution < 1.29 is 4.79 Å². The van der Waals surface area contributed by atoms with Crippen molar-refractivity contribution in [2.75, 3.05) is 5.32 Å². The van der Waals surface area contributed by atoms with Gasteiger partial charge in [-0.3, -0.25) is 9.78 Å². The summed E-state index contributed by atoms with van der Waals surface area (Å²) in [5.41, 5.74) is 6.41. The van der Waals surface area contributed by atoms with Crippen LogP contribution in [0.15, 0.2) is 24.5 Å². The van der Waals surface area contributed by atoms with Crippen LogP contribution >= 0.6 is 11.3 Å². The van der Waals surface area contributed by atoms with Crippen molar-refractivity contribution in [3.8, 4) is 0 Å². The average Bonchev–Trinajstić information content (AvgIpc) is 2.72. The number of rotatable bonds is 4. The zero-order valence-corrected chi connectivity index (χ0v) is 11.9. The first-order valence-electron chi connectivity index (χ1n) is 5.86. The summed E-state index contributed by atoms with van der Waals surface area (Å²) >= 11 is 1.44. The first-order valence-corrected chi connectivity index (χ1v) is 6.68. The molecule has 2 rings (SSSR count). The molecule has 0 atom stereocenters. The van der Waals surface area contributed by atoms with Crippen molar-refractivity contribution in [2.45, 2.75) is 26.2 Å². The lowest BCUT2D eigenvalue weighted by molar-refractivity contribution is -0.122. The first kappa shape index (κ1) is 13.5. The summed E-state index contributed by atoms with van der Waals surface area (Å²) < 4.78 is 0. The molecule has 0 bridgehead atoms. The molecule has 3 N–H and O–H groups in total. The Morgan fingerprint density at radius 1 is 1.47 bits per heavy atom. The molecule has 0 saturated carbocycles. The summed E-state index contributed by atoms with van der Waals surface area (Å²) in [5, 5.41) is 3.90. The predicted molar refractivity (Wildman–Crippen MR) is 76.6 cm³/mol. The van der Waals surface area contributed by atoms with Gasteiger partial charge in [0.25, 0.3) is 0 Å². The molecule has 5 nitrogen and oxygen atoms in total. The van der Waals surface area contributed by atoms with E-state index in [1.165, 1.54) is 11.3 Å². The Morgan fingerprint density at radius 2 is 2.21 bits per heavy atom. The zero-order valence-electron chi connectivity index (χ0n) is 11.1. The van der Waals surface area contributed by atoms with Gasteiger partial charge < -0.3 is 11.1 Å². The molecule has 0 aliphatic rings. The molecule has 19 heavy (non-hydrogen) atoms. The summed E-state index contributed by atoms with van der Waals surface area (Å²) in [5.74, 6) is -0.354. The summed E-state index contributed by atoms with van der Waals surface area (Å²) in [7, 11) is 0. The number of aromatic nitrogens is 2. The van der Waals surface area contributed by atoms with Crippen LogP contribution in [0.4, 0.5) is 10.8 Å². The van der Waals surface area contributed by atoms with Gasteiger partial charge in [-0.25, -0.2) is 4.98 Å². The minimum absolute atomic E-state index is 0.354. The molecule has 100 valence electrons. The summed E-state index contributed by atoms with van der Waals surface area (Å²) in [4.78, 5) is 20.8. The van der Waals surface area contributed by atoms with Crippen molar-refractivity contribution in [1.29, 1.82) is 0 Å². The second-order valence-corrected chi connectivity index (χ2v) is 5.79. The van der Waals surface area contributed by atoms with Gasteiger partial charge in [0.1, 0.15) is 0 Å². The van der Waals surface area contributed by atoms with Crippen LogP contribution in [0.3, 0.4) is 0 Å². The van der Waals surface area contributed by atoms with E-state index in [0.717, 1.165) is 21.4 Å². The standard InChI is InChI=1S/C13H16N4OS/c1-8-10(13(2,3)11(14)18)19-12(16-8)17-9-5-4-6-15-7-9/h4-7H,1-3H3,(H2,14,18)(H,16,17). The van der Waals surface area contributed by atoms with Crippen LogP contribution in [0, 0.1) is 6.92 Å². The Bertz CT molecular complexity index is 592. The number of anilines is 2. The van der Waals surface area contributed by atoms with E-state index in [2.05, 4.69) is 15.3 Å². The van der Waals surface area contributed by atoms with Gasteiger partial charge in [-0.1, -0.05) is 0 Å². The van der Waals surface area contributed by atoms with Crippen LogP contribution in [0.2, 0.25) is 0 Å². The monoisotopic (exact) mass is 276 g/mol. The van der Waals surface area contributed by atoms with Gasteiger partial charge >= 0.3 is 0 Å². The normalized spacial score (nSPS) is 11.3. The maximum Gasteiger partial charge on any atom is 0.228 e. The second kappa shape index (κ2) is 4.97. The van der Waals surface area contributed by atoms with E-state index in [1.54, 1.807) is 12.4 Å². The van der Waals surface area contributed by atoms with Crippen molar-refractivity contribution in [3.63, 3.8) is 0 Å². The number of primary amides is 1. The lowest BCUT2D eigenvalue weighted by atomic mass is 9.90. The largest absolute Gasteiger partial charge is 0.369 e. The fraction of sp³-hybridized carbons (Fsp3) is 0.308. The third kappa shape index (κ3) is 2.73.